The molecule has 1 saturated heterocycles. The van der Waals surface area contributed by atoms with Crippen molar-refractivity contribution in [3.8, 4) is 5.69 Å². The first kappa shape index (κ1) is 17.5. The van der Waals surface area contributed by atoms with Crippen molar-refractivity contribution in [2.75, 3.05) is 31.1 Å². The lowest BCUT2D eigenvalue weighted by Crippen LogP contribution is -2.49. The number of aromatic nitrogens is 3. The Balaban J connectivity index is 1.43. The first-order valence-electron chi connectivity index (χ1n) is 8.59. The normalized spacial score (nSPS) is 14.4. The minimum absolute atomic E-state index is 0.177. The van der Waals surface area contributed by atoms with Crippen molar-refractivity contribution < 1.29 is 9.18 Å². The molecule has 0 N–H and O–H groups in total. The highest BCUT2D eigenvalue weighted by atomic mass is 35.5. The van der Waals surface area contributed by atoms with Crippen molar-refractivity contribution >= 4 is 23.2 Å². The largest absolute Gasteiger partial charge is 0.366 e. The van der Waals surface area contributed by atoms with Gasteiger partial charge in [-0.05, 0) is 36.4 Å². The van der Waals surface area contributed by atoms with Crippen LogP contribution in [0.2, 0.25) is 5.02 Å². The van der Waals surface area contributed by atoms with Crippen LogP contribution in [0.3, 0.4) is 0 Å². The van der Waals surface area contributed by atoms with Gasteiger partial charge in [0.1, 0.15) is 5.82 Å². The maximum Gasteiger partial charge on any atom is 0.276 e. The second-order valence-corrected chi connectivity index (χ2v) is 6.69. The van der Waals surface area contributed by atoms with Crippen LogP contribution >= 0.6 is 11.6 Å². The number of halogens is 2. The van der Waals surface area contributed by atoms with Gasteiger partial charge in [-0.3, -0.25) is 4.79 Å². The molecule has 8 heteroatoms. The zero-order valence-corrected chi connectivity index (χ0v) is 15.2. The van der Waals surface area contributed by atoms with E-state index >= 15 is 0 Å². The molecule has 0 aliphatic carbocycles. The van der Waals surface area contributed by atoms with Crippen LogP contribution in [0.1, 0.15) is 10.5 Å². The zero-order valence-electron chi connectivity index (χ0n) is 14.4. The Hall–Kier alpha value is -2.93. The van der Waals surface area contributed by atoms with E-state index in [9.17, 15) is 9.18 Å². The molecule has 0 spiro atoms. The third kappa shape index (κ3) is 3.64. The Morgan fingerprint density at radius 3 is 2.41 bits per heavy atom. The zero-order chi connectivity index (χ0) is 18.8. The average Bonchev–Trinajstić information content (AvgIpc) is 3.19. The predicted octanol–water partition coefficient (Wildman–Crippen LogP) is 3.02. The summed E-state index contributed by atoms with van der Waals surface area (Å²) in [4.78, 5) is 16.4. The van der Waals surface area contributed by atoms with Gasteiger partial charge in [0.15, 0.2) is 5.69 Å². The van der Waals surface area contributed by atoms with Gasteiger partial charge in [-0.1, -0.05) is 28.9 Å². The molecular weight excluding hydrogens is 369 g/mol. The van der Waals surface area contributed by atoms with Gasteiger partial charge in [0.25, 0.3) is 5.91 Å². The summed E-state index contributed by atoms with van der Waals surface area (Å²) >= 11 is 5.89. The molecule has 1 fully saturated rings. The van der Waals surface area contributed by atoms with E-state index in [1.807, 2.05) is 11.0 Å². The second-order valence-electron chi connectivity index (χ2n) is 6.26. The molecule has 4 rings (SSSR count). The van der Waals surface area contributed by atoms with Crippen LogP contribution < -0.4 is 4.90 Å². The lowest BCUT2D eigenvalue weighted by Gasteiger charge is -2.35. The van der Waals surface area contributed by atoms with Crippen molar-refractivity contribution in [1.29, 1.82) is 0 Å². The van der Waals surface area contributed by atoms with Crippen molar-refractivity contribution in [3.05, 3.63) is 71.3 Å². The van der Waals surface area contributed by atoms with Gasteiger partial charge in [-0.15, -0.1) is 5.10 Å². The molecule has 1 aliphatic heterocycles. The van der Waals surface area contributed by atoms with Gasteiger partial charge in [-0.2, -0.15) is 0 Å². The Labute approximate surface area is 160 Å². The quantitative estimate of drug-likeness (QED) is 0.695. The molecule has 27 heavy (non-hydrogen) atoms. The van der Waals surface area contributed by atoms with E-state index in [1.165, 1.54) is 6.07 Å². The first-order valence-corrected chi connectivity index (χ1v) is 8.96. The summed E-state index contributed by atoms with van der Waals surface area (Å²) in [6.07, 6.45) is 1.61. The molecule has 1 aromatic heterocycles. The van der Waals surface area contributed by atoms with Gasteiger partial charge in [0, 0.05) is 31.2 Å². The standard InChI is InChI=1S/C19H17ClFN5O/c20-14-5-7-15(8-6-14)26-13-17(22-23-26)19(27)25-11-9-24(10-12-25)18-4-2-1-3-16(18)21/h1-8,13H,9-12H2. The molecule has 0 bridgehead atoms. The molecule has 3 aromatic rings. The summed E-state index contributed by atoms with van der Waals surface area (Å²) in [5, 5.41) is 8.65. The molecule has 138 valence electrons. The third-order valence-corrected chi connectivity index (χ3v) is 4.82. The summed E-state index contributed by atoms with van der Waals surface area (Å²) in [6, 6.07) is 13.8. The number of piperazine rings is 1. The lowest BCUT2D eigenvalue weighted by molar-refractivity contribution is 0.0740. The van der Waals surface area contributed by atoms with Crippen molar-refractivity contribution in [3.63, 3.8) is 0 Å². The maximum atomic E-state index is 13.9. The van der Waals surface area contributed by atoms with Crippen LogP contribution in [-0.4, -0.2) is 52.0 Å². The topological polar surface area (TPSA) is 54.3 Å². The van der Waals surface area contributed by atoms with E-state index in [4.69, 9.17) is 11.6 Å². The molecule has 6 nitrogen and oxygen atoms in total. The first-order chi connectivity index (χ1) is 13.1. The highest BCUT2D eigenvalue weighted by Crippen LogP contribution is 2.20. The fourth-order valence-electron chi connectivity index (χ4n) is 3.10. The van der Waals surface area contributed by atoms with Crippen molar-refractivity contribution in [2.45, 2.75) is 0 Å². The molecule has 2 heterocycles. The minimum atomic E-state index is -0.247. The van der Waals surface area contributed by atoms with Crippen LogP contribution in [-0.2, 0) is 0 Å². The van der Waals surface area contributed by atoms with Crippen LogP contribution in [0.25, 0.3) is 5.69 Å². The molecular formula is C19H17ClFN5O. The maximum absolute atomic E-state index is 13.9. The van der Waals surface area contributed by atoms with E-state index in [1.54, 1.807) is 52.2 Å². The van der Waals surface area contributed by atoms with E-state index in [0.29, 0.717) is 36.9 Å². The molecule has 0 radical (unpaired) electrons. The number of para-hydroxylation sites is 1. The highest BCUT2D eigenvalue weighted by Gasteiger charge is 2.25. The van der Waals surface area contributed by atoms with E-state index < -0.39 is 0 Å². The Morgan fingerprint density at radius 2 is 1.70 bits per heavy atom. The number of carbonyl (C=O) groups is 1. The number of anilines is 1. The summed E-state index contributed by atoms with van der Waals surface area (Å²) in [5.41, 5.74) is 1.62. The van der Waals surface area contributed by atoms with Crippen molar-refractivity contribution in [2.24, 2.45) is 0 Å². The molecule has 0 saturated carbocycles. The number of hydrogen-bond acceptors (Lipinski definition) is 4. The second kappa shape index (κ2) is 7.36. The average molecular weight is 386 g/mol. The smallest absolute Gasteiger partial charge is 0.276 e. The number of hydrogen-bond donors (Lipinski definition) is 0. The van der Waals surface area contributed by atoms with Gasteiger partial charge < -0.3 is 9.80 Å². The highest BCUT2D eigenvalue weighted by molar-refractivity contribution is 6.30. The number of amides is 1. The monoisotopic (exact) mass is 385 g/mol. The number of benzene rings is 2. The fourth-order valence-corrected chi connectivity index (χ4v) is 3.23. The van der Waals surface area contributed by atoms with E-state index in [0.717, 1.165) is 5.69 Å². The Morgan fingerprint density at radius 1 is 1.00 bits per heavy atom. The lowest BCUT2D eigenvalue weighted by atomic mass is 10.2. The number of carbonyl (C=O) groups excluding carboxylic acids is 1. The summed E-state index contributed by atoms with van der Waals surface area (Å²) in [7, 11) is 0. The SMILES string of the molecule is O=C(c1cn(-c2ccc(Cl)cc2)nn1)N1CCN(c2ccccc2F)CC1. The fraction of sp³-hybridized carbons (Fsp3) is 0.211. The van der Waals surface area contributed by atoms with Gasteiger partial charge in [0.2, 0.25) is 0 Å². The van der Waals surface area contributed by atoms with E-state index in [2.05, 4.69) is 10.3 Å². The van der Waals surface area contributed by atoms with Crippen molar-refractivity contribution in [1.82, 2.24) is 19.9 Å². The van der Waals surface area contributed by atoms with Crippen LogP contribution in [0, 0.1) is 5.82 Å². The summed E-state index contributed by atoms with van der Waals surface area (Å²) in [6.45, 7) is 2.14. The Kier molecular flexibility index (Phi) is 4.77. The van der Waals surface area contributed by atoms with Crippen LogP contribution in [0.5, 0.6) is 0 Å². The molecule has 0 atom stereocenters. The predicted molar refractivity (Wildman–Crippen MR) is 101 cm³/mol. The van der Waals surface area contributed by atoms with Crippen LogP contribution in [0.15, 0.2) is 54.7 Å². The summed E-state index contributed by atoms with van der Waals surface area (Å²) in [5.74, 6) is -0.424. The molecule has 1 amide bonds. The molecule has 0 unspecified atom stereocenters. The van der Waals surface area contributed by atoms with Gasteiger partial charge in [-0.25, -0.2) is 9.07 Å². The molecule has 2 aromatic carbocycles. The number of nitrogens with zero attached hydrogens (tertiary/aromatic N) is 5. The third-order valence-electron chi connectivity index (χ3n) is 4.56. The number of rotatable bonds is 3. The minimum Gasteiger partial charge on any atom is -0.366 e. The van der Waals surface area contributed by atoms with Gasteiger partial charge in [0.05, 0.1) is 17.6 Å². The van der Waals surface area contributed by atoms with Gasteiger partial charge >= 0.3 is 0 Å². The summed E-state index contributed by atoms with van der Waals surface area (Å²) < 4.78 is 15.5. The van der Waals surface area contributed by atoms with E-state index in [-0.39, 0.29) is 17.4 Å². The van der Waals surface area contributed by atoms with Crippen LogP contribution in [0.4, 0.5) is 10.1 Å². The Bertz CT molecular complexity index is 951. The molecule has 1 aliphatic rings.